The van der Waals surface area contributed by atoms with Crippen molar-refractivity contribution in [2.45, 2.75) is 71.8 Å². The third-order valence-corrected chi connectivity index (χ3v) is 7.38. The highest BCUT2D eigenvalue weighted by Gasteiger charge is 2.60. The van der Waals surface area contributed by atoms with Crippen molar-refractivity contribution >= 4 is 11.3 Å². The summed E-state index contributed by atoms with van der Waals surface area (Å²) in [6.45, 7) is 7.17. The Hall–Kier alpha value is -0.340. The number of rotatable bonds is 3. The number of hydrogen-bond donors (Lipinski definition) is 1. The summed E-state index contributed by atoms with van der Waals surface area (Å²) in [7, 11) is 0. The Labute approximate surface area is 132 Å². The van der Waals surface area contributed by atoms with Gasteiger partial charge in [0.2, 0.25) is 0 Å². The van der Waals surface area contributed by atoms with Gasteiger partial charge in [-0.15, -0.1) is 11.3 Å². The summed E-state index contributed by atoms with van der Waals surface area (Å²) in [5, 5.41) is 12.9. The van der Waals surface area contributed by atoms with Crippen LogP contribution in [0.5, 0.6) is 0 Å². The van der Waals surface area contributed by atoms with Crippen molar-refractivity contribution in [1.29, 1.82) is 0 Å². The van der Waals surface area contributed by atoms with E-state index < -0.39 is 0 Å². The fourth-order valence-electron chi connectivity index (χ4n) is 7.08. The van der Waals surface area contributed by atoms with E-state index >= 15 is 0 Å². The molecule has 21 heavy (non-hydrogen) atoms. The third kappa shape index (κ3) is 2.39. The van der Waals surface area contributed by atoms with Crippen LogP contribution in [-0.4, -0.2) is 5.11 Å². The Balaban J connectivity index is 1.59. The molecule has 4 saturated carbocycles. The average molecular weight is 304 g/mol. The van der Waals surface area contributed by atoms with E-state index in [9.17, 15) is 5.11 Å². The second-order valence-corrected chi connectivity index (χ2v) is 10.5. The van der Waals surface area contributed by atoms with Crippen molar-refractivity contribution in [3.63, 3.8) is 0 Å². The van der Waals surface area contributed by atoms with E-state index in [1.165, 1.54) is 43.4 Å². The van der Waals surface area contributed by atoms with Crippen molar-refractivity contribution < 1.29 is 5.11 Å². The van der Waals surface area contributed by atoms with E-state index in [1.807, 2.05) is 0 Å². The molecule has 0 amide bonds. The molecule has 4 bridgehead atoms. The summed E-state index contributed by atoms with van der Waals surface area (Å²) in [6, 6.07) is 2.18. The summed E-state index contributed by atoms with van der Waals surface area (Å²) in [5.41, 5.74) is 2.68. The molecule has 0 radical (unpaired) electrons. The zero-order chi connectivity index (χ0) is 14.9. The van der Waals surface area contributed by atoms with E-state index in [0.29, 0.717) is 16.2 Å². The molecule has 1 aromatic heterocycles. The smallest absolute Gasteiger partial charge is 0.0803 e. The highest BCUT2D eigenvalue weighted by atomic mass is 32.1. The summed E-state index contributed by atoms with van der Waals surface area (Å²) in [6.07, 6.45) is 9.13. The van der Waals surface area contributed by atoms with Crippen molar-refractivity contribution in [3.05, 3.63) is 21.9 Å². The normalized spacial score (nSPS) is 46.0. The number of aryl methyl sites for hydroxylation is 1. The van der Waals surface area contributed by atoms with Crippen molar-refractivity contribution in [2.24, 2.45) is 22.2 Å². The van der Waals surface area contributed by atoms with Gasteiger partial charge in [-0.1, -0.05) is 13.8 Å². The summed E-state index contributed by atoms with van der Waals surface area (Å²) in [5.74, 6) is 0.924. The Bertz CT molecular complexity index is 542. The molecule has 0 spiro atoms. The highest BCUT2D eigenvalue weighted by Crippen LogP contribution is 2.71. The predicted octanol–water partition coefficient (Wildman–Crippen LogP) is 5.48. The molecular formula is C19H28OS. The number of aliphatic hydroxyl groups excluding tert-OH is 1. The van der Waals surface area contributed by atoms with Gasteiger partial charge in [0.25, 0.3) is 0 Å². The maximum Gasteiger partial charge on any atom is 0.0803 e. The van der Waals surface area contributed by atoms with Crippen LogP contribution in [0.15, 0.2) is 11.4 Å². The zero-order valence-electron chi connectivity index (χ0n) is 13.6. The second-order valence-electron chi connectivity index (χ2n) is 9.34. The number of thiophene rings is 1. The van der Waals surface area contributed by atoms with Crippen LogP contribution in [0.1, 0.15) is 75.3 Å². The largest absolute Gasteiger partial charge is 0.388 e. The van der Waals surface area contributed by atoms with Gasteiger partial charge in [0.05, 0.1) is 6.10 Å². The minimum Gasteiger partial charge on any atom is -0.388 e. The summed E-state index contributed by atoms with van der Waals surface area (Å²) < 4.78 is 0. The first kappa shape index (κ1) is 14.3. The van der Waals surface area contributed by atoms with Gasteiger partial charge in [0, 0.05) is 4.88 Å². The van der Waals surface area contributed by atoms with E-state index in [-0.39, 0.29) is 6.10 Å². The molecule has 4 aliphatic carbocycles. The van der Waals surface area contributed by atoms with Crippen molar-refractivity contribution in [3.8, 4) is 0 Å². The molecule has 4 fully saturated rings. The van der Waals surface area contributed by atoms with Crippen LogP contribution in [0.4, 0.5) is 0 Å². The van der Waals surface area contributed by atoms with Gasteiger partial charge in [0.15, 0.2) is 0 Å². The van der Waals surface area contributed by atoms with E-state index in [0.717, 1.165) is 17.9 Å². The van der Waals surface area contributed by atoms with Crippen LogP contribution >= 0.6 is 11.3 Å². The molecule has 3 atom stereocenters. The topological polar surface area (TPSA) is 20.2 Å². The molecule has 0 aromatic carbocycles. The first-order valence-corrected chi connectivity index (χ1v) is 9.40. The lowest BCUT2D eigenvalue weighted by Gasteiger charge is -2.66. The maximum atomic E-state index is 10.8. The van der Waals surface area contributed by atoms with Crippen LogP contribution in [0.2, 0.25) is 0 Å². The molecule has 5 rings (SSSR count). The van der Waals surface area contributed by atoms with Crippen LogP contribution in [0, 0.1) is 29.1 Å². The SMILES string of the molecule is Cc1cc(C(O)CC23CC4CC(C)(CC(C)(C4)C2)C3)cs1. The monoisotopic (exact) mass is 304 g/mol. The van der Waals surface area contributed by atoms with E-state index in [4.69, 9.17) is 0 Å². The Morgan fingerprint density at radius 1 is 1.19 bits per heavy atom. The minimum atomic E-state index is -0.251. The standard InChI is InChI=1S/C19H28OS/c1-13-4-15(9-21-13)16(20)8-19-7-14-5-17(2,11-19)10-18(3,6-14)12-19/h4,9,14,16,20H,5-8,10-12H2,1-3H3. The first-order valence-electron chi connectivity index (χ1n) is 8.52. The molecule has 1 nitrogen and oxygen atoms in total. The number of hydrogen-bond acceptors (Lipinski definition) is 2. The first-order chi connectivity index (χ1) is 9.79. The lowest BCUT2D eigenvalue weighted by molar-refractivity contribution is -0.157. The van der Waals surface area contributed by atoms with E-state index in [1.54, 1.807) is 11.3 Å². The zero-order valence-corrected chi connectivity index (χ0v) is 14.4. The predicted molar refractivity (Wildman–Crippen MR) is 88.5 cm³/mol. The summed E-state index contributed by atoms with van der Waals surface area (Å²) >= 11 is 1.76. The number of aliphatic hydroxyl groups is 1. The molecular weight excluding hydrogens is 276 g/mol. The van der Waals surface area contributed by atoms with Gasteiger partial charge in [-0.05, 0) is 91.0 Å². The lowest BCUT2D eigenvalue weighted by atomic mass is 9.39. The highest BCUT2D eigenvalue weighted by molar-refractivity contribution is 7.10. The van der Waals surface area contributed by atoms with Gasteiger partial charge in [-0.3, -0.25) is 0 Å². The van der Waals surface area contributed by atoms with Gasteiger partial charge in [-0.2, -0.15) is 0 Å². The fraction of sp³-hybridized carbons (Fsp3) is 0.789. The summed E-state index contributed by atoms with van der Waals surface area (Å²) in [4.78, 5) is 1.31. The third-order valence-electron chi connectivity index (χ3n) is 6.50. The van der Waals surface area contributed by atoms with Gasteiger partial charge in [-0.25, -0.2) is 0 Å². The van der Waals surface area contributed by atoms with Crippen LogP contribution in [-0.2, 0) is 0 Å². The molecule has 3 unspecified atom stereocenters. The molecule has 0 saturated heterocycles. The average Bonchev–Trinajstić information content (AvgIpc) is 2.70. The van der Waals surface area contributed by atoms with E-state index in [2.05, 4.69) is 32.2 Å². The molecule has 116 valence electrons. The molecule has 1 N–H and O–H groups in total. The Kier molecular flexibility index (Phi) is 2.96. The minimum absolute atomic E-state index is 0.251. The Morgan fingerprint density at radius 2 is 1.86 bits per heavy atom. The fourth-order valence-corrected chi connectivity index (χ4v) is 7.83. The molecule has 4 aliphatic rings. The van der Waals surface area contributed by atoms with Gasteiger partial charge >= 0.3 is 0 Å². The molecule has 1 aromatic rings. The van der Waals surface area contributed by atoms with Crippen molar-refractivity contribution in [2.75, 3.05) is 0 Å². The molecule has 0 aliphatic heterocycles. The Morgan fingerprint density at radius 3 is 2.38 bits per heavy atom. The van der Waals surface area contributed by atoms with Crippen molar-refractivity contribution in [1.82, 2.24) is 0 Å². The van der Waals surface area contributed by atoms with Crippen LogP contribution in [0.3, 0.4) is 0 Å². The second kappa shape index (κ2) is 4.35. The molecule has 2 heteroatoms. The maximum absolute atomic E-state index is 10.8. The molecule has 1 heterocycles. The van der Waals surface area contributed by atoms with Gasteiger partial charge in [0.1, 0.15) is 0 Å². The quantitative estimate of drug-likeness (QED) is 0.784. The van der Waals surface area contributed by atoms with Crippen LogP contribution < -0.4 is 0 Å². The lowest BCUT2D eigenvalue weighted by Crippen LogP contribution is -2.55. The van der Waals surface area contributed by atoms with Crippen LogP contribution in [0.25, 0.3) is 0 Å². The van der Waals surface area contributed by atoms with Gasteiger partial charge < -0.3 is 5.11 Å².